The first kappa shape index (κ1) is 36.6. The second kappa shape index (κ2) is 15.0. The Bertz CT molecular complexity index is 1930. The Balaban J connectivity index is 0.000000325. The number of hydrogen-bond acceptors (Lipinski definition) is 3. The topological polar surface area (TPSA) is 34.5 Å². The first-order chi connectivity index (χ1) is 23.1. The number of benzene rings is 4. The van der Waals surface area contributed by atoms with Gasteiger partial charge in [-0.3, -0.25) is 9.98 Å². The Morgan fingerprint density at radius 2 is 1.43 bits per heavy atom. The first-order valence-corrected chi connectivity index (χ1v) is 19.1. The molecule has 0 bridgehead atoms. The monoisotopic (exact) mass is 665 g/mol. The molecule has 1 aromatic heterocycles. The molecule has 1 aliphatic heterocycles. The van der Waals surface area contributed by atoms with E-state index in [-0.39, 0.29) is 31.8 Å². The van der Waals surface area contributed by atoms with Gasteiger partial charge in [0.05, 0.1) is 17.0 Å². The van der Waals surface area contributed by atoms with Crippen LogP contribution in [0.4, 0.5) is 5.69 Å². The van der Waals surface area contributed by atoms with E-state index in [1.807, 2.05) is 13.0 Å². The van der Waals surface area contributed by atoms with Crippen LogP contribution >= 0.6 is 0 Å². The number of fused-ring (bicyclic) bond motifs is 2. The van der Waals surface area contributed by atoms with Crippen LogP contribution in [0.2, 0.25) is 0 Å². The van der Waals surface area contributed by atoms with Crippen LogP contribution in [0.3, 0.4) is 0 Å². The fourth-order valence-electron chi connectivity index (χ4n) is 6.97. The van der Waals surface area contributed by atoms with Crippen molar-refractivity contribution < 1.29 is 3.79 Å². The maximum Gasteiger partial charge on any atom is 0.528 e. The number of hydrogen-bond donors (Lipinski definition) is 0. The second-order valence-corrected chi connectivity index (χ2v) is 17.3. The Labute approximate surface area is 302 Å². The third-order valence-corrected chi connectivity index (χ3v) is 11.1. The molecule has 0 fully saturated rings. The molecule has 6 rings (SSSR count). The lowest BCUT2D eigenvalue weighted by Gasteiger charge is -2.46. The largest absolute Gasteiger partial charge is 0.648 e. The second-order valence-electron chi connectivity index (χ2n) is 16.3. The molecule has 253 valence electrons. The number of nitrogens with zero attached hydrogens (tertiary/aromatic N) is 2. The fraction of sp³-hybridized carbons (Fsp3) is 0.378. The Kier molecular flexibility index (Phi) is 11.2. The predicted octanol–water partition coefficient (Wildman–Crippen LogP) is 12.2. The third-order valence-electron chi connectivity index (χ3n) is 10.1. The van der Waals surface area contributed by atoms with Gasteiger partial charge in [-0.1, -0.05) is 127 Å². The van der Waals surface area contributed by atoms with Crippen LogP contribution in [0.1, 0.15) is 96.2 Å². The number of aliphatic imine (C=N–C) groups is 1. The molecular weight excluding hydrogens is 611 g/mol. The summed E-state index contributed by atoms with van der Waals surface area (Å²) in [6.45, 7) is 22.9. The van der Waals surface area contributed by atoms with Crippen LogP contribution in [0.15, 0.2) is 102 Å². The maximum absolute atomic E-state index is 6.23. The Morgan fingerprint density at radius 3 is 2.14 bits per heavy atom. The van der Waals surface area contributed by atoms with Gasteiger partial charge in [-0.25, -0.2) is 0 Å². The highest BCUT2D eigenvalue weighted by Crippen LogP contribution is 2.49. The van der Waals surface area contributed by atoms with Crippen molar-refractivity contribution in [2.45, 2.75) is 99.2 Å². The SMILES string of the molecule is CC1=Nc2c(cccc2[CH2][Al][O]c2ccc(-c3cccc(C(C)(CC(C)(C)C)C(C)(C)C)c3)cc2)CC1.Cc1ccc2cccc(C)c2n1. The number of rotatable bonds is 7. The molecule has 0 spiro atoms. The fourth-order valence-corrected chi connectivity index (χ4v) is 7.91. The van der Waals surface area contributed by atoms with Gasteiger partial charge in [-0.2, -0.15) is 0 Å². The molecule has 1 atom stereocenters. The molecule has 1 radical (unpaired) electrons. The Morgan fingerprint density at radius 1 is 0.714 bits per heavy atom. The van der Waals surface area contributed by atoms with Gasteiger partial charge in [-0.15, -0.1) is 0 Å². The lowest BCUT2D eigenvalue weighted by molar-refractivity contribution is 0.134. The van der Waals surface area contributed by atoms with Crippen LogP contribution in [0, 0.1) is 24.7 Å². The normalized spacial score (nSPS) is 14.2. The summed E-state index contributed by atoms with van der Waals surface area (Å²) < 4.78 is 6.23. The van der Waals surface area contributed by atoms with Gasteiger partial charge in [0.2, 0.25) is 0 Å². The van der Waals surface area contributed by atoms with E-state index in [4.69, 9.17) is 8.78 Å². The third kappa shape index (κ3) is 9.10. The van der Waals surface area contributed by atoms with Crippen LogP contribution in [0.5, 0.6) is 5.75 Å². The maximum atomic E-state index is 6.23. The van der Waals surface area contributed by atoms with Gasteiger partial charge in [0, 0.05) is 16.8 Å². The molecule has 5 aromatic rings. The molecule has 49 heavy (non-hydrogen) atoms. The zero-order valence-corrected chi connectivity index (χ0v) is 32.6. The summed E-state index contributed by atoms with van der Waals surface area (Å²) in [6.07, 6.45) is 3.31. The molecule has 4 heteroatoms. The predicted molar refractivity (Wildman–Crippen MR) is 212 cm³/mol. The zero-order chi connectivity index (χ0) is 35.4. The van der Waals surface area contributed by atoms with Crippen molar-refractivity contribution in [1.82, 2.24) is 4.98 Å². The van der Waals surface area contributed by atoms with E-state index in [1.165, 1.54) is 50.2 Å². The summed E-state index contributed by atoms with van der Waals surface area (Å²) >= 11 is -0.181. The summed E-state index contributed by atoms with van der Waals surface area (Å²) in [4.78, 5) is 9.32. The highest BCUT2D eigenvalue weighted by molar-refractivity contribution is 6.28. The molecule has 0 saturated carbocycles. The number of para-hydroxylation sites is 2. The first-order valence-electron chi connectivity index (χ1n) is 17.8. The average molecular weight is 666 g/mol. The van der Waals surface area contributed by atoms with Gasteiger partial charge < -0.3 is 3.79 Å². The zero-order valence-electron chi connectivity index (χ0n) is 31.4. The van der Waals surface area contributed by atoms with E-state index in [0.717, 1.165) is 41.5 Å². The van der Waals surface area contributed by atoms with E-state index < -0.39 is 0 Å². The Hall–Kier alpha value is -3.71. The summed E-state index contributed by atoms with van der Waals surface area (Å²) in [7, 11) is 0. The van der Waals surface area contributed by atoms with Crippen LogP contribution < -0.4 is 3.79 Å². The summed E-state index contributed by atoms with van der Waals surface area (Å²) in [6, 6.07) is 34.8. The van der Waals surface area contributed by atoms with Crippen molar-refractivity contribution in [3.63, 3.8) is 0 Å². The molecule has 0 aliphatic carbocycles. The number of aryl methyl sites for hydroxylation is 3. The van der Waals surface area contributed by atoms with Gasteiger partial charge in [0.25, 0.3) is 0 Å². The summed E-state index contributed by atoms with van der Waals surface area (Å²) in [5.41, 5.74) is 13.0. The molecule has 0 amide bonds. The molecule has 0 saturated heterocycles. The van der Waals surface area contributed by atoms with E-state index in [0.29, 0.717) is 0 Å². The van der Waals surface area contributed by atoms with E-state index in [9.17, 15) is 0 Å². The van der Waals surface area contributed by atoms with Crippen LogP contribution in [-0.2, 0) is 17.1 Å². The van der Waals surface area contributed by atoms with Crippen molar-refractivity contribution in [2.24, 2.45) is 15.8 Å². The van der Waals surface area contributed by atoms with Crippen molar-refractivity contribution in [1.29, 1.82) is 0 Å². The number of pyridine rings is 1. The van der Waals surface area contributed by atoms with Crippen molar-refractivity contribution in [2.75, 3.05) is 0 Å². The summed E-state index contributed by atoms with van der Waals surface area (Å²) in [5, 5.41) is 2.17. The van der Waals surface area contributed by atoms with Gasteiger partial charge in [0.1, 0.15) is 0 Å². The van der Waals surface area contributed by atoms with E-state index in [2.05, 4.69) is 158 Å². The van der Waals surface area contributed by atoms with Crippen molar-refractivity contribution in [3.05, 3.63) is 125 Å². The van der Waals surface area contributed by atoms with Crippen molar-refractivity contribution >= 4 is 37.9 Å². The highest BCUT2D eigenvalue weighted by Gasteiger charge is 2.41. The van der Waals surface area contributed by atoms with E-state index in [1.54, 1.807) is 0 Å². The smallest absolute Gasteiger partial charge is 0.528 e. The summed E-state index contributed by atoms with van der Waals surface area (Å²) in [5.74, 6) is 0.951. The average Bonchev–Trinajstić information content (AvgIpc) is 3.05. The van der Waals surface area contributed by atoms with Gasteiger partial charge >= 0.3 is 15.6 Å². The molecule has 4 aromatic carbocycles. The highest BCUT2D eigenvalue weighted by atomic mass is 27.1. The molecule has 1 aliphatic rings. The van der Waals surface area contributed by atoms with Crippen LogP contribution in [-0.4, -0.2) is 26.2 Å². The van der Waals surface area contributed by atoms with E-state index >= 15 is 0 Å². The lowest BCUT2D eigenvalue weighted by Crippen LogP contribution is -2.40. The van der Waals surface area contributed by atoms with Crippen molar-refractivity contribution in [3.8, 4) is 16.9 Å². The molecule has 3 nitrogen and oxygen atoms in total. The minimum absolute atomic E-state index is 0.0763. The minimum atomic E-state index is -0.181. The molecule has 2 heterocycles. The van der Waals surface area contributed by atoms with Gasteiger partial charge in [-0.05, 0) is 113 Å². The molecule has 1 unspecified atom stereocenters. The number of aromatic nitrogens is 1. The minimum Gasteiger partial charge on any atom is -0.648 e. The lowest BCUT2D eigenvalue weighted by atomic mass is 9.58. The van der Waals surface area contributed by atoms with Gasteiger partial charge in [0.15, 0.2) is 0 Å². The standard InChI is InChI=1S/C23H32O.C11H12N.C11H11N.Al/c1-21(2,3)16-23(7,22(4,5)6)19-10-8-9-18(15-19)17-11-13-20(24)14-12-17;2*1-8-4-3-5-10-7-6-9(2)12-11(8)10;/h8-15,24H,16H2,1-7H3;3-5H,1,6-7H2,2H3;3-7H,1-2H3;/q;;;+1/p-1. The van der Waals surface area contributed by atoms with Crippen LogP contribution in [0.25, 0.3) is 22.0 Å². The quantitative estimate of drug-likeness (QED) is 0.162. The molecular formula is C45H54AlN2O. The molecule has 0 N–H and O–H groups in total.